The van der Waals surface area contributed by atoms with Crippen LogP contribution in [0.5, 0.6) is 11.5 Å². The third-order valence-corrected chi connectivity index (χ3v) is 8.19. The van der Waals surface area contributed by atoms with Gasteiger partial charge >= 0.3 is 0 Å². The maximum Gasteiger partial charge on any atom is 0.244 e. The molecule has 3 aliphatic heterocycles. The van der Waals surface area contributed by atoms with Crippen molar-refractivity contribution in [1.29, 1.82) is 0 Å². The van der Waals surface area contributed by atoms with Crippen molar-refractivity contribution in [2.45, 2.75) is 50.0 Å². The molecule has 0 aliphatic carbocycles. The van der Waals surface area contributed by atoms with Gasteiger partial charge in [0.05, 0.1) is 17.1 Å². The van der Waals surface area contributed by atoms with Crippen LogP contribution >= 0.6 is 0 Å². The van der Waals surface area contributed by atoms with Crippen molar-refractivity contribution in [1.82, 2.24) is 9.21 Å². The number of benzene rings is 2. The first kappa shape index (κ1) is 22.2. The van der Waals surface area contributed by atoms with Crippen molar-refractivity contribution in [3.63, 3.8) is 0 Å². The van der Waals surface area contributed by atoms with E-state index in [1.165, 1.54) is 16.4 Å². The van der Waals surface area contributed by atoms with Crippen LogP contribution in [0.4, 0.5) is 0 Å². The van der Waals surface area contributed by atoms with Gasteiger partial charge in [0.15, 0.2) is 11.5 Å². The van der Waals surface area contributed by atoms with E-state index in [-0.39, 0.29) is 29.6 Å². The highest BCUT2D eigenvalue weighted by molar-refractivity contribution is 7.89. The highest BCUT2D eigenvalue weighted by atomic mass is 32.2. The molecule has 9 heteroatoms. The van der Waals surface area contributed by atoms with Crippen LogP contribution in [0, 0.1) is 0 Å². The first-order chi connectivity index (χ1) is 15.8. The Morgan fingerprint density at radius 2 is 1.61 bits per heavy atom. The second-order valence-electron chi connectivity index (χ2n) is 8.84. The van der Waals surface area contributed by atoms with Gasteiger partial charge in [-0.1, -0.05) is 24.3 Å². The second-order valence-corrected chi connectivity index (χ2v) is 10.7. The molecule has 0 bridgehead atoms. The molecule has 0 radical (unpaired) electrons. The molecule has 2 aromatic rings. The van der Waals surface area contributed by atoms with Gasteiger partial charge in [-0.25, -0.2) is 8.42 Å². The quantitative estimate of drug-likeness (QED) is 0.681. The van der Waals surface area contributed by atoms with Gasteiger partial charge in [0, 0.05) is 25.7 Å². The van der Waals surface area contributed by atoms with Gasteiger partial charge in [0.2, 0.25) is 15.9 Å². The van der Waals surface area contributed by atoms with E-state index in [0.717, 1.165) is 11.1 Å². The zero-order valence-corrected chi connectivity index (χ0v) is 19.6. The van der Waals surface area contributed by atoms with Crippen LogP contribution in [0.3, 0.4) is 0 Å². The van der Waals surface area contributed by atoms with Gasteiger partial charge < -0.3 is 19.1 Å². The normalized spacial score (nSPS) is 25.4. The predicted molar refractivity (Wildman–Crippen MR) is 121 cm³/mol. The van der Waals surface area contributed by atoms with Crippen LogP contribution in [-0.2, 0) is 32.5 Å². The van der Waals surface area contributed by atoms with Crippen molar-refractivity contribution in [3.05, 3.63) is 53.6 Å². The largest absolute Gasteiger partial charge is 0.486 e. The van der Waals surface area contributed by atoms with Gasteiger partial charge in [-0.05, 0) is 43.5 Å². The summed E-state index contributed by atoms with van der Waals surface area (Å²) in [5.41, 5.74) is 1.91. The molecule has 3 aliphatic rings. The number of ether oxygens (including phenoxy) is 3. The van der Waals surface area contributed by atoms with E-state index in [2.05, 4.69) is 0 Å². The monoisotopic (exact) mass is 472 g/mol. The van der Waals surface area contributed by atoms with Crippen LogP contribution in [-0.4, -0.2) is 68.1 Å². The third kappa shape index (κ3) is 4.20. The summed E-state index contributed by atoms with van der Waals surface area (Å²) in [6.07, 6.45) is 0.131. The number of sulfonamides is 1. The molecule has 176 valence electrons. The van der Waals surface area contributed by atoms with Gasteiger partial charge in [-0.2, -0.15) is 4.31 Å². The molecule has 1 saturated heterocycles. The minimum atomic E-state index is -3.98. The predicted octanol–water partition coefficient (Wildman–Crippen LogP) is 2.21. The van der Waals surface area contributed by atoms with Gasteiger partial charge in [-0.15, -0.1) is 0 Å². The smallest absolute Gasteiger partial charge is 0.244 e. The Bertz CT molecular complexity index is 1160. The number of morpholine rings is 1. The zero-order valence-electron chi connectivity index (χ0n) is 18.8. The van der Waals surface area contributed by atoms with E-state index >= 15 is 0 Å². The molecular weight excluding hydrogens is 444 g/mol. The first-order valence-electron chi connectivity index (χ1n) is 11.3. The van der Waals surface area contributed by atoms with E-state index in [0.29, 0.717) is 44.2 Å². The van der Waals surface area contributed by atoms with Crippen LogP contribution in [0.1, 0.15) is 25.0 Å². The van der Waals surface area contributed by atoms with E-state index < -0.39 is 16.1 Å². The highest BCUT2D eigenvalue weighted by Crippen LogP contribution is 2.36. The number of hydrogen-bond acceptors (Lipinski definition) is 6. The summed E-state index contributed by atoms with van der Waals surface area (Å²) in [7, 11) is -3.98. The Hall–Kier alpha value is -2.62. The average Bonchev–Trinajstić information content (AvgIpc) is 2.81. The van der Waals surface area contributed by atoms with E-state index in [9.17, 15) is 13.2 Å². The molecule has 3 unspecified atom stereocenters. The molecule has 0 spiro atoms. The number of hydrogen-bond donors (Lipinski definition) is 0. The first-order valence-corrected chi connectivity index (χ1v) is 12.7. The molecule has 3 atom stereocenters. The second kappa shape index (κ2) is 8.62. The molecule has 5 rings (SSSR count). The van der Waals surface area contributed by atoms with Gasteiger partial charge in [0.1, 0.15) is 19.3 Å². The molecule has 0 N–H and O–H groups in total. The van der Waals surface area contributed by atoms with Crippen LogP contribution < -0.4 is 9.47 Å². The van der Waals surface area contributed by atoms with E-state index in [1.807, 2.05) is 38.1 Å². The summed E-state index contributed by atoms with van der Waals surface area (Å²) in [5, 5.41) is 0. The lowest BCUT2D eigenvalue weighted by Crippen LogP contribution is -2.57. The van der Waals surface area contributed by atoms with Crippen molar-refractivity contribution in [2.75, 3.05) is 26.3 Å². The maximum absolute atomic E-state index is 13.8. The van der Waals surface area contributed by atoms with Crippen molar-refractivity contribution >= 4 is 15.9 Å². The third-order valence-electron chi connectivity index (χ3n) is 6.34. The number of amides is 1. The topological polar surface area (TPSA) is 85.4 Å². The fourth-order valence-electron chi connectivity index (χ4n) is 4.85. The Morgan fingerprint density at radius 3 is 2.33 bits per heavy atom. The summed E-state index contributed by atoms with van der Waals surface area (Å²) in [4.78, 5) is 15.5. The number of carbonyl (C=O) groups excluding carboxylic acids is 1. The molecule has 2 aromatic carbocycles. The minimum Gasteiger partial charge on any atom is -0.486 e. The van der Waals surface area contributed by atoms with Crippen molar-refractivity contribution in [2.24, 2.45) is 0 Å². The van der Waals surface area contributed by atoms with Crippen LogP contribution in [0.15, 0.2) is 47.4 Å². The number of rotatable bonds is 3. The summed E-state index contributed by atoms with van der Waals surface area (Å²) in [6, 6.07) is 11.5. The number of carbonyl (C=O) groups is 1. The van der Waals surface area contributed by atoms with E-state index in [4.69, 9.17) is 14.2 Å². The lowest BCUT2D eigenvalue weighted by Gasteiger charge is -2.41. The lowest BCUT2D eigenvalue weighted by atomic mass is 9.95. The molecule has 8 nitrogen and oxygen atoms in total. The van der Waals surface area contributed by atoms with E-state index in [1.54, 1.807) is 11.0 Å². The van der Waals surface area contributed by atoms with Crippen LogP contribution in [0.25, 0.3) is 0 Å². The Labute approximate surface area is 194 Å². The average molecular weight is 473 g/mol. The summed E-state index contributed by atoms with van der Waals surface area (Å²) in [6.45, 7) is 5.67. The fourth-order valence-corrected chi connectivity index (χ4v) is 6.43. The summed E-state index contributed by atoms with van der Waals surface area (Å²) >= 11 is 0. The number of nitrogens with zero attached hydrogens (tertiary/aromatic N) is 2. The zero-order chi connectivity index (χ0) is 23.2. The number of fused-ring (bicyclic) bond motifs is 2. The standard InChI is InChI=1S/C24H28N2O6S/c1-16-13-25(14-17(2)32-16)24(27)21-11-18-5-3-4-6-19(18)15-26(21)33(28,29)20-7-8-22-23(12-20)31-10-9-30-22/h3-8,12,16-17,21H,9-11,13-15H2,1-2H3. The lowest BCUT2D eigenvalue weighted by molar-refractivity contribution is -0.147. The SMILES string of the molecule is CC1CN(C(=O)C2Cc3ccccc3CN2S(=O)(=O)c2ccc3c(c2)OCCO3)CC(C)O1. The highest BCUT2D eigenvalue weighted by Gasteiger charge is 2.42. The van der Waals surface area contributed by atoms with Crippen molar-refractivity contribution < 1.29 is 27.4 Å². The molecule has 0 aromatic heterocycles. The Morgan fingerprint density at radius 1 is 0.939 bits per heavy atom. The molecule has 1 fully saturated rings. The molecule has 3 heterocycles. The van der Waals surface area contributed by atoms with Gasteiger partial charge in [0.25, 0.3) is 0 Å². The Balaban J connectivity index is 1.52. The minimum absolute atomic E-state index is 0.0904. The maximum atomic E-state index is 13.8. The fraction of sp³-hybridized carbons (Fsp3) is 0.458. The van der Waals surface area contributed by atoms with Crippen molar-refractivity contribution in [3.8, 4) is 11.5 Å². The summed E-state index contributed by atoms with van der Waals surface area (Å²) < 4.78 is 45.9. The van der Waals surface area contributed by atoms with Crippen LogP contribution in [0.2, 0.25) is 0 Å². The molecule has 33 heavy (non-hydrogen) atoms. The van der Waals surface area contributed by atoms with Gasteiger partial charge in [-0.3, -0.25) is 4.79 Å². The Kier molecular flexibility index (Phi) is 5.80. The molecule has 1 amide bonds. The molecule has 0 saturated carbocycles. The summed E-state index contributed by atoms with van der Waals surface area (Å²) in [5.74, 6) is 0.735. The molecular formula is C24H28N2O6S.